The van der Waals surface area contributed by atoms with E-state index in [1.807, 2.05) is 44.4 Å². The number of rotatable bonds is 6. The third-order valence-corrected chi connectivity index (χ3v) is 5.45. The molecule has 1 aliphatic rings. The summed E-state index contributed by atoms with van der Waals surface area (Å²) in [5.41, 5.74) is 1.67. The fourth-order valence-electron chi connectivity index (χ4n) is 3.20. The fourth-order valence-corrected chi connectivity index (χ4v) is 4.02. The van der Waals surface area contributed by atoms with Crippen molar-refractivity contribution in [3.8, 4) is 11.5 Å². The van der Waals surface area contributed by atoms with Gasteiger partial charge in [0.25, 0.3) is 5.91 Å². The average molecular weight is 410 g/mol. The van der Waals surface area contributed by atoms with Gasteiger partial charge in [0.05, 0.1) is 12.2 Å². The smallest absolute Gasteiger partial charge is 0.267 e. The molecule has 1 amide bonds. The minimum absolute atomic E-state index is 0.133. The van der Waals surface area contributed by atoms with Gasteiger partial charge in [-0.25, -0.2) is 15.0 Å². The highest BCUT2D eigenvalue weighted by Gasteiger charge is 2.32. The zero-order valence-electron chi connectivity index (χ0n) is 16.6. The number of carbonyl (C=O) groups is 1. The van der Waals surface area contributed by atoms with E-state index in [0.29, 0.717) is 22.5 Å². The van der Waals surface area contributed by atoms with Crippen LogP contribution in [-0.2, 0) is 17.8 Å². The molecule has 0 saturated carbocycles. The molecule has 0 spiro atoms. The first-order valence-corrected chi connectivity index (χ1v) is 10.2. The summed E-state index contributed by atoms with van der Waals surface area (Å²) >= 11 is 1.40. The van der Waals surface area contributed by atoms with E-state index in [-0.39, 0.29) is 24.7 Å². The van der Waals surface area contributed by atoms with Crippen molar-refractivity contribution >= 4 is 22.4 Å². The zero-order chi connectivity index (χ0) is 20.4. The number of hydrogen-bond donors (Lipinski definition) is 0. The van der Waals surface area contributed by atoms with Crippen molar-refractivity contribution in [2.75, 3.05) is 11.5 Å². The Kier molecular flexibility index (Phi) is 5.19. The Labute approximate surface area is 173 Å². The Hall–Kier alpha value is -3.00. The summed E-state index contributed by atoms with van der Waals surface area (Å²) in [6, 6.07) is 7.51. The number of aryl methyl sites for hydroxylation is 1. The molecule has 29 heavy (non-hydrogen) atoms. The van der Waals surface area contributed by atoms with Crippen LogP contribution < -0.4 is 14.4 Å². The number of hydrogen-bond acceptors (Lipinski definition) is 7. The predicted molar refractivity (Wildman–Crippen MR) is 110 cm³/mol. The van der Waals surface area contributed by atoms with Crippen LogP contribution in [0.5, 0.6) is 11.5 Å². The van der Waals surface area contributed by atoms with Gasteiger partial charge in [0.1, 0.15) is 11.4 Å². The quantitative estimate of drug-likeness (QED) is 0.618. The summed E-state index contributed by atoms with van der Waals surface area (Å²) in [4.78, 5) is 27.5. The molecule has 0 aliphatic carbocycles. The molecule has 3 heterocycles. The fraction of sp³-hybridized carbons (Fsp3) is 0.333. The van der Waals surface area contributed by atoms with Crippen LogP contribution in [0.4, 0.5) is 5.13 Å². The largest absolute Gasteiger partial charge is 0.483 e. The highest BCUT2D eigenvalue weighted by molar-refractivity contribution is 7.14. The maximum absolute atomic E-state index is 13.0. The lowest BCUT2D eigenvalue weighted by Gasteiger charge is -2.20. The molecule has 0 N–H and O–H groups in total. The number of nitrogens with zero attached hydrogens (tertiary/aromatic N) is 4. The summed E-state index contributed by atoms with van der Waals surface area (Å²) in [5.74, 6) is 1.61. The van der Waals surface area contributed by atoms with Crippen LogP contribution in [0.1, 0.15) is 30.9 Å². The number of amides is 1. The lowest BCUT2D eigenvalue weighted by molar-refractivity contribution is -0.120. The lowest BCUT2D eigenvalue weighted by Crippen LogP contribution is -2.35. The average Bonchev–Trinajstić information content (AvgIpc) is 3.26. The summed E-state index contributed by atoms with van der Waals surface area (Å²) < 4.78 is 11.9. The van der Waals surface area contributed by atoms with Crippen molar-refractivity contribution in [1.29, 1.82) is 0 Å². The van der Waals surface area contributed by atoms with Crippen LogP contribution in [0.3, 0.4) is 0 Å². The van der Waals surface area contributed by atoms with Gasteiger partial charge in [-0.2, -0.15) is 0 Å². The SMILES string of the molecule is Cc1csc(N(Cc2ncccn2)C(=O)COc2cccc3c2OC(C)(C)C3)n1. The van der Waals surface area contributed by atoms with Gasteiger partial charge in [0.2, 0.25) is 0 Å². The molecule has 0 radical (unpaired) electrons. The molecule has 0 bridgehead atoms. The molecule has 3 aromatic rings. The Morgan fingerprint density at radius 2 is 2.07 bits per heavy atom. The first-order valence-electron chi connectivity index (χ1n) is 9.33. The van der Waals surface area contributed by atoms with Gasteiger partial charge < -0.3 is 9.47 Å². The zero-order valence-corrected chi connectivity index (χ0v) is 17.4. The van der Waals surface area contributed by atoms with Gasteiger partial charge in [-0.1, -0.05) is 12.1 Å². The highest BCUT2D eigenvalue weighted by Crippen LogP contribution is 2.41. The Balaban J connectivity index is 1.51. The van der Waals surface area contributed by atoms with Gasteiger partial charge in [-0.05, 0) is 32.9 Å². The molecular weight excluding hydrogens is 388 g/mol. The van der Waals surface area contributed by atoms with Crippen molar-refractivity contribution in [2.45, 2.75) is 39.3 Å². The second-order valence-electron chi connectivity index (χ2n) is 7.49. The van der Waals surface area contributed by atoms with E-state index in [2.05, 4.69) is 15.0 Å². The van der Waals surface area contributed by atoms with E-state index >= 15 is 0 Å². The van der Waals surface area contributed by atoms with Crippen molar-refractivity contribution in [1.82, 2.24) is 15.0 Å². The Morgan fingerprint density at radius 3 is 2.79 bits per heavy atom. The van der Waals surface area contributed by atoms with E-state index in [1.165, 1.54) is 11.3 Å². The van der Waals surface area contributed by atoms with Crippen LogP contribution in [0.2, 0.25) is 0 Å². The Morgan fingerprint density at radius 1 is 1.28 bits per heavy atom. The molecule has 4 rings (SSSR count). The minimum atomic E-state index is -0.277. The third kappa shape index (κ3) is 4.37. The molecule has 0 unspecified atom stereocenters. The molecule has 1 aliphatic heterocycles. The normalized spacial score (nSPS) is 14.2. The van der Waals surface area contributed by atoms with Crippen LogP contribution in [0.25, 0.3) is 0 Å². The molecular formula is C21H22N4O3S. The molecule has 0 atom stereocenters. The van der Waals surface area contributed by atoms with Gasteiger partial charge in [0.15, 0.2) is 23.2 Å². The van der Waals surface area contributed by atoms with E-state index in [0.717, 1.165) is 17.7 Å². The number of carbonyl (C=O) groups excluding carboxylic acids is 1. The Bertz CT molecular complexity index is 1020. The first kappa shape index (κ1) is 19.3. The molecule has 1 aromatic carbocycles. The summed E-state index contributed by atoms with van der Waals surface area (Å²) in [7, 11) is 0. The summed E-state index contributed by atoms with van der Waals surface area (Å²) in [6.45, 7) is 6.06. The summed E-state index contributed by atoms with van der Waals surface area (Å²) in [6.07, 6.45) is 4.12. The summed E-state index contributed by atoms with van der Waals surface area (Å²) in [5, 5.41) is 2.50. The van der Waals surface area contributed by atoms with Crippen molar-refractivity contribution < 1.29 is 14.3 Å². The number of benzene rings is 1. The second-order valence-corrected chi connectivity index (χ2v) is 8.32. The number of para-hydroxylation sites is 1. The predicted octanol–water partition coefficient (Wildman–Crippen LogP) is 3.57. The monoisotopic (exact) mass is 410 g/mol. The number of thiazole rings is 1. The van der Waals surface area contributed by atoms with Gasteiger partial charge in [-0.15, -0.1) is 11.3 Å². The lowest BCUT2D eigenvalue weighted by atomic mass is 10.0. The number of ether oxygens (including phenoxy) is 2. The highest BCUT2D eigenvalue weighted by atomic mass is 32.1. The van der Waals surface area contributed by atoms with Crippen molar-refractivity contribution in [2.24, 2.45) is 0 Å². The maximum Gasteiger partial charge on any atom is 0.267 e. The van der Waals surface area contributed by atoms with Crippen LogP contribution in [0, 0.1) is 6.92 Å². The molecule has 2 aromatic heterocycles. The van der Waals surface area contributed by atoms with Gasteiger partial charge in [0, 0.05) is 29.8 Å². The molecule has 0 fully saturated rings. The van der Waals surface area contributed by atoms with Crippen LogP contribution in [0.15, 0.2) is 42.0 Å². The standard InChI is InChI=1S/C21H22N4O3S/c1-14-13-29-20(24-14)25(11-17-22-8-5-9-23-17)18(26)12-27-16-7-4-6-15-10-21(2,3)28-19(15)16/h4-9,13H,10-12H2,1-3H3. The topological polar surface area (TPSA) is 77.4 Å². The van der Waals surface area contributed by atoms with Gasteiger partial charge in [-0.3, -0.25) is 9.69 Å². The van der Waals surface area contributed by atoms with Crippen molar-refractivity contribution in [3.05, 3.63) is 59.1 Å². The number of aromatic nitrogens is 3. The minimum Gasteiger partial charge on any atom is -0.483 e. The van der Waals surface area contributed by atoms with Crippen molar-refractivity contribution in [3.63, 3.8) is 0 Å². The molecule has 8 heteroatoms. The molecule has 7 nitrogen and oxygen atoms in total. The van der Waals surface area contributed by atoms with E-state index in [9.17, 15) is 4.79 Å². The maximum atomic E-state index is 13.0. The molecule has 0 saturated heterocycles. The van der Waals surface area contributed by atoms with Crippen LogP contribution >= 0.6 is 11.3 Å². The van der Waals surface area contributed by atoms with Crippen LogP contribution in [-0.4, -0.2) is 33.1 Å². The van der Waals surface area contributed by atoms with E-state index in [4.69, 9.17) is 9.47 Å². The second kappa shape index (κ2) is 7.79. The van der Waals surface area contributed by atoms with Gasteiger partial charge >= 0.3 is 0 Å². The number of fused-ring (bicyclic) bond motifs is 1. The number of anilines is 1. The van der Waals surface area contributed by atoms with E-state index in [1.54, 1.807) is 23.4 Å². The first-order chi connectivity index (χ1) is 13.9. The van der Waals surface area contributed by atoms with E-state index < -0.39 is 0 Å². The molecule has 150 valence electrons. The third-order valence-electron chi connectivity index (χ3n) is 4.46.